The molecule has 0 N–H and O–H groups in total. The van der Waals surface area contributed by atoms with Crippen molar-refractivity contribution in [1.29, 1.82) is 0 Å². The quantitative estimate of drug-likeness (QED) is 0.745. The standard InChI is InChI=1S/C20H26O3P/c1-19(2,3)22-15-9-7-11-17(13-15)24(21)18-12-8-10-16(14-18)23-20(4,5)6/h7-14H,1-6H3. The Morgan fingerprint density at radius 2 is 1.08 bits per heavy atom. The van der Waals surface area contributed by atoms with Crippen LogP contribution in [0.2, 0.25) is 0 Å². The van der Waals surface area contributed by atoms with Crippen LogP contribution in [0.25, 0.3) is 0 Å². The van der Waals surface area contributed by atoms with Gasteiger partial charge in [-0.15, -0.1) is 0 Å². The molecule has 0 heterocycles. The van der Waals surface area contributed by atoms with E-state index in [0.29, 0.717) is 0 Å². The van der Waals surface area contributed by atoms with Crippen molar-refractivity contribution in [2.75, 3.05) is 0 Å². The molecule has 0 saturated carbocycles. The molecule has 2 aromatic carbocycles. The molecule has 0 aliphatic heterocycles. The van der Waals surface area contributed by atoms with E-state index in [9.17, 15) is 4.57 Å². The molecule has 0 fully saturated rings. The average Bonchev–Trinajstić information content (AvgIpc) is 2.43. The van der Waals surface area contributed by atoms with Gasteiger partial charge in [-0.2, -0.15) is 0 Å². The van der Waals surface area contributed by atoms with Gasteiger partial charge in [0, 0.05) is 10.6 Å². The van der Waals surface area contributed by atoms with Crippen molar-refractivity contribution in [2.45, 2.75) is 52.7 Å². The summed E-state index contributed by atoms with van der Waals surface area (Å²) in [5.41, 5.74) is -0.574. The Hall–Kier alpha value is -1.86. The summed E-state index contributed by atoms with van der Waals surface area (Å²) in [6.07, 6.45) is 0. The van der Waals surface area contributed by atoms with E-state index in [4.69, 9.17) is 9.47 Å². The van der Waals surface area contributed by atoms with Crippen LogP contribution in [0.15, 0.2) is 48.5 Å². The number of hydrogen-bond donors (Lipinski definition) is 0. The van der Waals surface area contributed by atoms with Crippen LogP contribution in [0.1, 0.15) is 41.5 Å². The van der Waals surface area contributed by atoms with Crippen LogP contribution in [-0.4, -0.2) is 11.2 Å². The predicted octanol–water partition coefficient (Wildman–Crippen LogP) is 4.82. The summed E-state index contributed by atoms with van der Waals surface area (Å²) < 4.78 is 24.6. The van der Waals surface area contributed by atoms with Crippen molar-refractivity contribution in [3.05, 3.63) is 48.5 Å². The maximum Gasteiger partial charge on any atom is 0.136 e. The van der Waals surface area contributed by atoms with Gasteiger partial charge >= 0.3 is 0 Å². The van der Waals surface area contributed by atoms with Crippen LogP contribution in [0.5, 0.6) is 11.5 Å². The molecule has 129 valence electrons. The Morgan fingerprint density at radius 3 is 1.42 bits per heavy atom. The second-order valence-electron chi connectivity index (χ2n) is 7.72. The molecular formula is C20H26O3P. The van der Waals surface area contributed by atoms with Gasteiger partial charge in [0.2, 0.25) is 0 Å². The number of benzene rings is 2. The Kier molecular flexibility index (Phi) is 5.35. The first-order valence-corrected chi connectivity index (χ1v) is 9.35. The summed E-state index contributed by atoms with van der Waals surface area (Å²) in [6.45, 7) is 12.0. The number of hydrogen-bond acceptors (Lipinski definition) is 3. The van der Waals surface area contributed by atoms with Gasteiger partial charge in [-0.05, 0) is 77.9 Å². The Morgan fingerprint density at radius 1 is 0.708 bits per heavy atom. The van der Waals surface area contributed by atoms with Crippen molar-refractivity contribution >= 4 is 18.4 Å². The summed E-state index contributed by atoms with van der Waals surface area (Å²) >= 11 is 0. The van der Waals surface area contributed by atoms with E-state index >= 15 is 0 Å². The first-order chi connectivity index (χ1) is 11.0. The molecule has 0 bridgehead atoms. The average molecular weight is 345 g/mol. The molecule has 0 amide bonds. The minimum atomic E-state index is -1.70. The van der Waals surface area contributed by atoms with Gasteiger partial charge in [0.05, 0.1) is 0 Å². The molecule has 2 rings (SSSR count). The monoisotopic (exact) mass is 345 g/mol. The van der Waals surface area contributed by atoms with Crippen LogP contribution in [0.3, 0.4) is 0 Å². The molecule has 0 spiro atoms. The minimum absolute atomic E-state index is 0.287. The molecule has 4 heteroatoms. The fourth-order valence-corrected chi connectivity index (χ4v) is 3.43. The molecular weight excluding hydrogens is 319 g/mol. The maximum atomic E-state index is 12.9. The smallest absolute Gasteiger partial charge is 0.136 e. The molecule has 0 aliphatic carbocycles. The first-order valence-electron chi connectivity index (χ1n) is 8.09. The second-order valence-corrected chi connectivity index (χ2v) is 9.34. The topological polar surface area (TPSA) is 35.5 Å². The lowest BCUT2D eigenvalue weighted by atomic mass is 10.2. The highest BCUT2D eigenvalue weighted by Gasteiger charge is 2.16. The van der Waals surface area contributed by atoms with Crippen molar-refractivity contribution in [3.63, 3.8) is 0 Å². The van der Waals surface area contributed by atoms with Crippen molar-refractivity contribution in [3.8, 4) is 11.5 Å². The largest absolute Gasteiger partial charge is 0.488 e. The highest BCUT2D eigenvalue weighted by atomic mass is 31.1. The highest BCUT2D eigenvalue weighted by molar-refractivity contribution is 7.61. The Labute approximate surface area is 145 Å². The second kappa shape index (κ2) is 6.94. The van der Waals surface area contributed by atoms with Gasteiger partial charge < -0.3 is 9.47 Å². The summed E-state index contributed by atoms with van der Waals surface area (Å²) in [7, 11) is -1.70. The van der Waals surface area contributed by atoms with Gasteiger partial charge in [0.15, 0.2) is 0 Å². The van der Waals surface area contributed by atoms with E-state index in [1.165, 1.54) is 0 Å². The van der Waals surface area contributed by atoms with Crippen molar-refractivity contribution in [2.24, 2.45) is 0 Å². The van der Waals surface area contributed by atoms with Gasteiger partial charge in [-0.1, -0.05) is 12.1 Å². The molecule has 0 aromatic heterocycles. The van der Waals surface area contributed by atoms with Gasteiger partial charge in [0.25, 0.3) is 0 Å². The lowest BCUT2D eigenvalue weighted by molar-refractivity contribution is 0.130. The summed E-state index contributed by atoms with van der Waals surface area (Å²) in [6, 6.07) is 15.0. The fourth-order valence-electron chi connectivity index (χ4n) is 2.20. The molecule has 24 heavy (non-hydrogen) atoms. The summed E-state index contributed by atoms with van der Waals surface area (Å²) in [5, 5.41) is 1.50. The number of ether oxygens (including phenoxy) is 2. The molecule has 0 unspecified atom stereocenters. The molecule has 3 nitrogen and oxygen atoms in total. The molecule has 0 aliphatic rings. The van der Waals surface area contributed by atoms with Crippen LogP contribution >= 0.6 is 7.80 Å². The third-order valence-corrected chi connectivity index (χ3v) is 4.45. The maximum absolute atomic E-state index is 12.9. The third-order valence-electron chi connectivity index (χ3n) is 2.95. The molecule has 1 radical (unpaired) electrons. The van der Waals surface area contributed by atoms with Gasteiger partial charge in [-0.25, -0.2) is 0 Å². The predicted molar refractivity (Wildman–Crippen MR) is 101 cm³/mol. The third kappa shape index (κ3) is 5.65. The normalized spacial score (nSPS) is 11.9. The van der Waals surface area contributed by atoms with Crippen LogP contribution < -0.4 is 20.1 Å². The lowest BCUT2D eigenvalue weighted by Gasteiger charge is -2.22. The van der Waals surface area contributed by atoms with E-state index in [1.54, 1.807) is 0 Å². The van der Waals surface area contributed by atoms with E-state index in [1.807, 2.05) is 90.1 Å². The van der Waals surface area contributed by atoms with E-state index < -0.39 is 7.80 Å². The zero-order valence-corrected chi connectivity index (χ0v) is 16.2. The zero-order chi connectivity index (χ0) is 18.0. The molecule has 0 atom stereocenters. The summed E-state index contributed by atoms with van der Waals surface area (Å²) in [5.74, 6) is 1.45. The Bertz CT molecular complexity index is 663. The van der Waals surface area contributed by atoms with E-state index in [2.05, 4.69) is 0 Å². The minimum Gasteiger partial charge on any atom is -0.488 e. The van der Waals surface area contributed by atoms with E-state index in [0.717, 1.165) is 22.1 Å². The highest BCUT2D eigenvalue weighted by Crippen LogP contribution is 2.26. The van der Waals surface area contributed by atoms with Crippen molar-refractivity contribution < 1.29 is 14.0 Å². The van der Waals surface area contributed by atoms with Crippen LogP contribution in [-0.2, 0) is 4.57 Å². The SMILES string of the molecule is CC(C)(C)Oc1cccc([P](=O)c2cccc(OC(C)(C)C)c2)c1. The molecule has 2 aromatic rings. The van der Waals surface area contributed by atoms with Crippen LogP contribution in [0, 0.1) is 0 Å². The molecule has 0 saturated heterocycles. The zero-order valence-electron chi connectivity index (χ0n) is 15.3. The fraction of sp³-hybridized carbons (Fsp3) is 0.400. The number of rotatable bonds is 4. The summed E-state index contributed by atoms with van der Waals surface area (Å²) in [4.78, 5) is 0. The Balaban J connectivity index is 2.26. The lowest BCUT2D eigenvalue weighted by Crippen LogP contribution is -2.23. The van der Waals surface area contributed by atoms with Gasteiger partial charge in [0.1, 0.15) is 30.5 Å². The van der Waals surface area contributed by atoms with E-state index in [-0.39, 0.29) is 11.2 Å². The van der Waals surface area contributed by atoms with Crippen molar-refractivity contribution in [1.82, 2.24) is 0 Å². The van der Waals surface area contributed by atoms with Crippen LogP contribution in [0.4, 0.5) is 0 Å². The first kappa shape index (κ1) is 18.5. The van der Waals surface area contributed by atoms with Gasteiger partial charge in [-0.3, -0.25) is 4.57 Å².